The first-order valence-electron chi connectivity index (χ1n) is 47.0. The number of benzene rings is 3. The molecule has 2 saturated heterocycles. The van der Waals surface area contributed by atoms with E-state index in [2.05, 4.69) is 109 Å². The molecule has 6 aliphatic rings. The second-order valence-corrected chi connectivity index (χ2v) is 38.7. The van der Waals surface area contributed by atoms with Crippen molar-refractivity contribution >= 4 is 106 Å². The van der Waals surface area contributed by atoms with Crippen LogP contribution in [0.5, 0.6) is 0 Å². The van der Waals surface area contributed by atoms with Crippen LogP contribution < -0.4 is 76.2 Å². The van der Waals surface area contributed by atoms with Gasteiger partial charge in [-0.15, -0.1) is 0 Å². The molecule has 2 aliphatic heterocycles. The number of carbonyl (C=O) groups excluding carboxylic acids is 12. The average Bonchev–Trinajstić information content (AvgIpc) is 1.64. The second-order valence-electron chi connectivity index (χ2n) is 37.7. The van der Waals surface area contributed by atoms with Gasteiger partial charge in [-0.05, 0) is 203 Å². The molecular weight excluding hydrogens is 1660 g/mol. The Hall–Kier alpha value is -10.6. The van der Waals surface area contributed by atoms with E-state index >= 15 is 24.0 Å². The molecule has 3 saturated carbocycles. The number of carbonyl (C=O) groups is 12. The normalized spacial score (nSPS) is 23.0. The number of para-hydroxylation sites is 1. The number of aliphatic imine (C=N–C) groups is 1. The van der Waals surface area contributed by atoms with Gasteiger partial charge in [-0.25, -0.2) is 4.79 Å². The Morgan fingerprint density at radius 1 is 0.597 bits per heavy atom. The lowest BCUT2D eigenvalue weighted by Gasteiger charge is -2.58. The van der Waals surface area contributed by atoms with Crippen molar-refractivity contribution < 1.29 is 62.3 Å². The van der Waals surface area contributed by atoms with Crippen molar-refractivity contribution in [3.8, 4) is 0 Å². The molecule has 33 heteroatoms. The van der Waals surface area contributed by atoms with E-state index in [0.29, 0.717) is 72.4 Å². The van der Waals surface area contributed by atoms with Crippen LogP contribution in [0.15, 0.2) is 113 Å². The molecule has 0 spiro atoms. The summed E-state index contributed by atoms with van der Waals surface area (Å²) in [4.78, 5) is 181. The van der Waals surface area contributed by atoms with Crippen LogP contribution >= 0.6 is 11.8 Å². The van der Waals surface area contributed by atoms with Gasteiger partial charge in [-0.1, -0.05) is 158 Å². The highest BCUT2D eigenvalue weighted by Gasteiger charge is 2.59. The lowest BCUT2D eigenvalue weighted by molar-refractivity contribution is -0.142. The van der Waals surface area contributed by atoms with Gasteiger partial charge in [0.25, 0.3) is 5.91 Å². The number of unbranched alkanes of at least 4 members (excludes halogenated alkanes) is 1. The zero-order valence-electron chi connectivity index (χ0n) is 76.8. The summed E-state index contributed by atoms with van der Waals surface area (Å²) in [6, 6.07) is 14.2. The van der Waals surface area contributed by atoms with Crippen LogP contribution in [0, 0.1) is 52.3 Å². The number of aromatic nitrogens is 1. The predicted molar refractivity (Wildman–Crippen MR) is 501 cm³/mol. The number of fused-ring (bicyclic) bond motifs is 6. The molecule has 129 heavy (non-hydrogen) atoms. The number of primary amides is 1. The van der Waals surface area contributed by atoms with Crippen molar-refractivity contribution in [2.24, 2.45) is 85.3 Å². The predicted octanol–water partition coefficient (Wildman–Crippen LogP) is 6.87. The highest BCUT2D eigenvalue weighted by atomic mass is 32.2. The van der Waals surface area contributed by atoms with Crippen molar-refractivity contribution in [3.05, 3.63) is 119 Å². The second kappa shape index (κ2) is 48.9. The molecule has 0 bridgehead atoms. The number of nitrogens with two attached hydrogens (primary N) is 4. The van der Waals surface area contributed by atoms with E-state index in [-0.39, 0.29) is 126 Å². The first-order valence-corrected chi connectivity index (χ1v) is 48.3. The summed E-state index contributed by atoms with van der Waals surface area (Å²) < 4.78 is 6.01. The maximum Gasteiger partial charge on any atom is 0.407 e. The van der Waals surface area contributed by atoms with Crippen LogP contribution in [0.1, 0.15) is 206 Å². The van der Waals surface area contributed by atoms with Crippen molar-refractivity contribution in [1.82, 2.24) is 68.1 Å². The number of H-pyrrole nitrogens is 1. The molecule has 0 radical (unpaired) electrons. The molecule has 3 aromatic carbocycles. The molecule has 12 amide bonds. The van der Waals surface area contributed by atoms with Crippen LogP contribution in [0.4, 0.5) is 4.79 Å². The molecule has 4 aliphatic carbocycles. The first kappa shape index (κ1) is 101. The number of allylic oxidation sites excluding steroid dienone is 1. The molecule has 1 aromatic heterocycles. The highest BCUT2D eigenvalue weighted by Crippen LogP contribution is 2.67. The summed E-state index contributed by atoms with van der Waals surface area (Å²) >= 11 is 1.54. The van der Waals surface area contributed by atoms with Crippen molar-refractivity contribution in [2.75, 3.05) is 57.8 Å². The highest BCUT2D eigenvalue weighted by molar-refractivity contribution is 7.98. The minimum atomic E-state index is -1.48. The van der Waals surface area contributed by atoms with Crippen LogP contribution in [0.2, 0.25) is 0 Å². The van der Waals surface area contributed by atoms with E-state index in [0.717, 1.165) is 72.4 Å². The number of ether oxygens (including phenoxy) is 1. The third kappa shape index (κ3) is 28.2. The minimum absolute atomic E-state index is 0.0256. The van der Waals surface area contributed by atoms with Gasteiger partial charge in [-0.2, -0.15) is 16.9 Å². The average molecular weight is 1800 g/mol. The van der Waals surface area contributed by atoms with E-state index in [1.807, 2.05) is 30.5 Å². The molecule has 10 rings (SSSR count). The molecule has 3 heterocycles. The maximum atomic E-state index is 15.6. The smallest absolute Gasteiger partial charge is 0.407 e. The summed E-state index contributed by atoms with van der Waals surface area (Å²) in [5, 5.41) is 30.3. The lowest BCUT2D eigenvalue weighted by Crippen LogP contribution is -2.61. The molecule has 19 N–H and O–H groups in total. The number of hydrogen-bond donors (Lipinski definition) is 15. The van der Waals surface area contributed by atoms with Crippen molar-refractivity contribution in [3.63, 3.8) is 0 Å². The van der Waals surface area contributed by atoms with Gasteiger partial charge in [0.1, 0.15) is 67.2 Å². The molecule has 5 fully saturated rings. The third-order valence-electron chi connectivity index (χ3n) is 27.9. The maximum absolute atomic E-state index is 15.6. The Bertz CT molecular complexity index is 4550. The monoisotopic (exact) mass is 1800 g/mol. The SMILES string of the molecule is CSCC[C@H](N)C(=O)N1CCC[C@H]1C(=O)N[C@H](Cc1ccccc1)C(=O)N[C@@H](CCCN=C(N)N)C(=O)N[C@H](Cc1c[nH]c2ccccc12)C(=O)N[C@@H](Cc1ccccc1)C(=O)N[C@@H](CCCCNC(=O)CN/N=C/C(=O)NCCCNC(=O)O[C@H]1CC[C@@]2(C)C(=CC[C@H]3[C@@H]4CC[C@H]([C@H](C)CCCC(C)C)[C@@]4(C)CC[C@@H]32)C1)C(=O)N1CCC[C@H]1C(=O)N[C@H](C(N)=O)C(C)C. The van der Waals surface area contributed by atoms with E-state index in [4.69, 9.17) is 27.7 Å². The molecule has 17 atom stereocenters. The van der Waals surface area contributed by atoms with Crippen molar-refractivity contribution in [1.29, 1.82) is 0 Å². The fraction of sp³-hybridized carbons (Fsp3) is 0.625. The number of alkyl carbamates (subject to hydrolysis) is 1. The van der Waals surface area contributed by atoms with E-state index in [1.54, 1.807) is 92.5 Å². The van der Waals surface area contributed by atoms with Gasteiger partial charge in [0, 0.05) is 82.1 Å². The number of aromatic amines is 1. The van der Waals surface area contributed by atoms with Crippen molar-refractivity contribution in [2.45, 2.75) is 269 Å². The molecule has 0 unspecified atom stereocenters. The summed E-state index contributed by atoms with van der Waals surface area (Å²) in [6.07, 6.45) is 22.0. The Kier molecular flexibility index (Phi) is 38.1. The quantitative estimate of drug-likeness (QED) is 0.00705. The van der Waals surface area contributed by atoms with Gasteiger partial charge in [-0.3, -0.25) is 57.7 Å². The van der Waals surface area contributed by atoms with E-state index in [9.17, 15) is 33.6 Å². The van der Waals surface area contributed by atoms with Crippen LogP contribution in [-0.4, -0.2) is 216 Å². The molecule has 706 valence electrons. The summed E-state index contributed by atoms with van der Waals surface area (Å²) in [5.74, 6) is -2.63. The Morgan fingerprint density at radius 3 is 1.84 bits per heavy atom. The Labute approximate surface area is 764 Å². The Morgan fingerprint density at radius 2 is 1.19 bits per heavy atom. The summed E-state index contributed by atoms with van der Waals surface area (Å²) in [6.45, 7) is 16.5. The van der Waals surface area contributed by atoms with Crippen LogP contribution in [0.25, 0.3) is 10.9 Å². The largest absolute Gasteiger partial charge is 0.446 e. The van der Waals surface area contributed by atoms with Crippen LogP contribution in [-0.2, 0) is 76.7 Å². The number of amides is 12. The van der Waals surface area contributed by atoms with E-state index < -0.39 is 120 Å². The van der Waals surface area contributed by atoms with Crippen LogP contribution in [0.3, 0.4) is 0 Å². The fourth-order valence-electron chi connectivity index (χ4n) is 20.9. The number of hydrogen-bond acceptors (Lipinski definition) is 18. The van der Waals surface area contributed by atoms with Gasteiger partial charge in [0.15, 0.2) is 5.96 Å². The standard InChI is InChI=1S/C96H143N19O13S/c1-59(2)24-19-25-61(5)69-38-39-70-68-37-36-65-55-66(40-43-95(65,6)71(68)41-44-96(69,70)7)128-94(127)104-48-23-47-102-82(117)58-107-106-57-81(116)101-45-18-17-32-75(92(126)115-50-22-35-80(115)90(124)113-83(60(3)4)84(98)118)109-87(121)76(52-62-26-11-9-12-27-62)110-88(122)78(54-64-56-105-73-31-16-15-30-67(64)73)111-85(119)74(33-20-46-103-93(99)100)108-86(120)77(53-63-28-13-10-14-29-63)112-89(123)79-34-21-49-114(79)91(125)72(97)42-51-129-8/h9-16,26-31,36,56,58-61,66,68-72,74-80,83,105-106H,17-25,32-35,37-55,57,97H2,1-8H3,(H2,98,118)(H,101,116)(H,102,117)(H,104,127)(H,108,120)(H,109,121)(H,110,122)(H,111,119)(H,112,123)(H,113,124)(H4,99,100,103)/b107-58+/t61-,66+,68+,69-,70+,71+,72+,74+,75+,76+,77-,78-,79+,80+,83+,95+,96-/m1/s1. The number of guanidine groups is 1. The van der Waals surface area contributed by atoms with Gasteiger partial charge in [0.2, 0.25) is 59.1 Å². The zero-order valence-corrected chi connectivity index (χ0v) is 77.6. The lowest BCUT2D eigenvalue weighted by atomic mass is 9.47. The first-order chi connectivity index (χ1) is 61.8. The molecule has 32 nitrogen and oxygen atoms in total. The molecular formula is C96H143N19O13S. The fourth-order valence-corrected chi connectivity index (χ4v) is 21.4. The zero-order chi connectivity index (χ0) is 92.9. The Balaban J connectivity index is 0.755. The number of rotatable bonds is 48. The van der Waals surface area contributed by atoms with Gasteiger partial charge in [0.05, 0.1) is 6.04 Å². The third-order valence-corrected chi connectivity index (χ3v) is 28.5. The summed E-state index contributed by atoms with van der Waals surface area (Å²) in [5.41, 5.74) is 30.7. The van der Waals surface area contributed by atoms with Gasteiger partial charge < -0.3 is 95.7 Å². The molecule has 4 aromatic rings. The minimum Gasteiger partial charge on any atom is -0.446 e. The number of nitrogens with zero attached hydrogens (tertiary/aromatic N) is 4. The van der Waals surface area contributed by atoms with Gasteiger partial charge >= 0.3 is 6.09 Å². The van der Waals surface area contributed by atoms with E-state index in [1.165, 1.54) is 60.3 Å². The number of likely N-dealkylation sites (tertiary alicyclic amines) is 2. The topological polar surface area (TPSA) is 485 Å². The number of thioether (sulfide) groups is 1. The number of nitrogens with one attached hydrogen (secondary N) is 11. The number of hydrazone groups is 1. The summed E-state index contributed by atoms with van der Waals surface area (Å²) in [7, 11) is 0.